The third-order valence-electron chi connectivity index (χ3n) is 4.92. The van der Waals surface area contributed by atoms with Gasteiger partial charge in [-0.2, -0.15) is 0 Å². The fourth-order valence-corrected chi connectivity index (χ4v) is 4.19. The maximum Gasteiger partial charge on any atom is 0.350 e. The van der Waals surface area contributed by atoms with Crippen LogP contribution in [0.5, 0.6) is 5.75 Å². The molecule has 1 aliphatic heterocycles. The van der Waals surface area contributed by atoms with E-state index in [-0.39, 0.29) is 24.7 Å². The topological polar surface area (TPSA) is 97.8 Å². The number of carbonyl (C=O) groups excluding carboxylic acids is 3. The zero-order valence-corrected chi connectivity index (χ0v) is 18.6. The number of hydrogen-bond donors (Lipinski definition) is 1. The van der Waals surface area contributed by atoms with Crippen molar-refractivity contribution in [2.45, 2.75) is 39.5 Å². The number of para-hydroxylation sites is 1. The van der Waals surface area contributed by atoms with Crippen molar-refractivity contribution in [2.75, 3.05) is 31.6 Å². The van der Waals surface area contributed by atoms with Crippen LogP contribution in [0.15, 0.2) is 24.3 Å². The van der Waals surface area contributed by atoms with Gasteiger partial charge in [0.15, 0.2) is 11.7 Å². The smallest absolute Gasteiger partial charge is 0.350 e. The second-order valence-electron chi connectivity index (χ2n) is 7.19. The third kappa shape index (κ3) is 6.04. The molecule has 1 aliphatic rings. The van der Waals surface area contributed by atoms with E-state index in [2.05, 4.69) is 10.3 Å². The number of esters is 1. The van der Waals surface area contributed by atoms with Crippen LogP contribution >= 0.6 is 11.3 Å². The number of anilines is 1. The number of rotatable bonds is 7. The minimum absolute atomic E-state index is 0.0771. The number of benzene rings is 1. The number of aromatic nitrogens is 1. The molecule has 0 unspecified atom stereocenters. The number of ether oxygens (including phenoxy) is 2. The molecule has 3 rings (SSSR count). The summed E-state index contributed by atoms with van der Waals surface area (Å²) in [6.45, 7) is 5.05. The molecule has 0 atom stereocenters. The van der Waals surface area contributed by atoms with Gasteiger partial charge in [0.1, 0.15) is 10.6 Å². The Morgan fingerprint density at radius 1 is 1.13 bits per heavy atom. The van der Waals surface area contributed by atoms with Crippen LogP contribution in [0.1, 0.15) is 58.3 Å². The van der Waals surface area contributed by atoms with Gasteiger partial charge in [-0.1, -0.05) is 36.3 Å². The summed E-state index contributed by atoms with van der Waals surface area (Å²) >= 11 is 1.06. The number of likely N-dealkylation sites (tertiary alicyclic amines) is 1. The van der Waals surface area contributed by atoms with E-state index in [9.17, 15) is 14.4 Å². The van der Waals surface area contributed by atoms with Crippen LogP contribution in [-0.4, -0.2) is 54.0 Å². The van der Waals surface area contributed by atoms with Crippen molar-refractivity contribution in [1.29, 1.82) is 0 Å². The van der Waals surface area contributed by atoms with Crippen molar-refractivity contribution in [2.24, 2.45) is 0 Å². The van der Waals surface area contributed by atoms with E-state index in [1.807, 2.05) is 4.90 Å². The molecule has 1 aromatic carbocycles. The van der Waals surface area contributed by atoms with Crippen LogP contribution in [0.25, 0.3) is 0 Å². The molecule has 9 heteroatoms. The predicted octanol–water partition coefficient (Wildman–Crippen LogP) is 3.66. The van der Waals surface area contributed by atoms with Crippen molar-refractivity contribution < 1.29 is 23.9 Å². The Hall–Kier alpha value is -2.94. The second-order valence-corrected chi connectivity index (χ2v) is 8.19. The number of amides is 2. The van der Waals surface area contributed by atoms with Crippen LogP contribution in [0.3, 0.4) is 0 Å². The average molecular weight is 446 g/mol. The highest BCUT2D eigenvalue weighted by molar-refractivity contribution is 7.17. The monoisotopic (exact) mass is 445 g/mol. The first kappa shape index (κ1) is 22.7. The molecule has 31 heavy (non-hydrogen) atoms. The number of carbonyl (C=O) groups is 3. The lowest BCUT2D eigenvalue weighted by Gasteiger charge is -2.20. The molecule has 0 spiro atoms. The highest BCUT2D eigenvalue weighted by Gasteiger charge is 2.21. The molecule has 1 N–H and O–H groups in total. The van der Waals surface area contributed by atoms with Gasteiger partial charge in [0.2, 0.25) is 0 Å². The molecule has 8 nitrogen and oxygen atoms in total. The number of thiazole rings is 1. The minimum Gasteiger partial charge on any atom is -0.483 e. The van der Waals surface area contributed by atoms with Crippen molar-refractivity contribution in [3.05, 3.63) is 40.4 Å². The van der Waals surface area contributed by atoms with Gasteiger partial charge in [-0.05, 0) is 38.8 Å². The molecule has 1 fully saturated rings. The summed E-state index contributed by atoms with van der Waals surface area (Å²) in [6, 6.07) is 6.74. The van der Waals surface area contributed by atoms with E-state index in [1.165, 1.54) is 0 Å². The first-order chi connectivity index (χ1) is 15.0. The van der Waals surface area contributed by atoms with Gasteiger partial charge in [0.05, 0.1) is 17.9 Å². The third-order valence-corrected chi connectivity index (χ3v) is 5.97. The van der Waals surface area contributed by atoms with Crippen molar-refractivity contribution in [3.8, 4) is 5.75 Å². The van der Waals surface area contributed by atoms with Crippen LogP contribution < -0.4 is 10.1 Å². The summed E-state index contributed by atoms with van der Waals surface area (Å²) in [5, 5.41) is 2.99. The van der Waals surface area contributed by atoms with E-state index in [1.54, 1.807) is 38.1 Å². The number of nitrogens with zero attached hydrogens (tertiary/aromatic N) is 2. The largest absolute Gasteiger partial charge is 0.483 e. The molecule has 0 saturated carbocycles. The van der Waals surface area contributed by atoms with Crippen LogP contribution in [0.2, 0.25) is 0 Å². The molecular formula is C22H27N3O5S. The Morgan fingerprint density at radius 2 is 1.84 bits per heavy atom. The van der Waals surface area contributed by atoms with E-state index in [0.717, 1.165) is 50.1 Å². The molecule has 166 valence electrons. The van der Waals surface area contributed by atoms with Crippen molar-refractivity contribution >= 4 is 34.3 Å². The summed E-state index contributed by atoms with van der Waals surface area (Å²) in [7, 11) is 0. The van der Waals surface area contributed by atoms with Gasteiger partial charge in [-0.25, -0.2) is 9.78 Å². The van der Waals surface area contributed by atoms with Gasteiger partial charge in [-0.3, -0.25) is 14.9 Å². The van der Waals surface area contributed by atoms with E-state index in [4.69, 9.17) is 9.47 Å². The Labute approximate surface area is 185 Å². The zero-order valence-electron chi connectivity index (χ0n) is 17.8. The Morgan fingerprint density at radius 3 is 2.55 bits per heavy atom. The standard InChI is InChI=1S/C22H27N3O5S/c1-3-29-21(28)19-15(2)23-22(31-19)24-20(27)16-10-6-7-11-17(16)30-14-18(26)25-12-8-4-5-9-13-25/h6-7,10-11H,3-5,8-9,12-14H2,1-2H3,(H,23,24,27). The summed E-state index contributed by atoms with van der Waals surface area (Å²) in [5.41, 5.74) is 0.781. The zero-order chi connectivity index (χ0) is 22.2. The molecule has 0 radical (unpaired) electrons. The van der Waals surface area contributed by atoms with Gasteiger partial charge >= 0.3 is 5.97 Å². The van der Waals surface area contributed by atoms with Crippen molar-refractivity contribution in [1.82, 2.24) is 9.88 Å². The normalized spacial score (nSPS) is 13.9. The number of aryl methyl sites for hydroxylation is 1. The highest BCUT2D eigenvalue weighted by Crippen LogP contribution is 2.25. The SMILES string of the molecule is CCOC(=O)c1sc(NC(=O)c2ccccc2OCC(=O)N2CCCCCC2)nc1C. The average Bonchev–Trinajstić information content (AvgIpc) is 2.94. The van der Waals surface area contributed by atoms with Gasteiger partial charge in [0, 0.05) is 13.1 Å². The van der Waals surface area contributed by atoms with E-state index < -0.39 is 11.9 Å². The van der Waals surface area contributed by atoms with Crippen molar-refractivity contribution in [3.63, 3.8) is 0 Å². The van der Waals surface area contributed by atoms with E-state index in [0.29, 0.717) is 21.5 Å². The Kier molecular flexibility index (Phi) is 8.00. The van der Waals surface area contributed by atoms with Gasteiger partial charge < -0.3 is 14.4 Å². The van der Waals surface area contributed by atoms with E-state index >= 15 is 0 Å². The molecule has 0 aliphatic carbocycles. The first-order valence-electron chi connectivity index (χ1n) is 10.4. The lowest BCUT2D eigenvalue weighted by atomic mass is 10.2. The number of nitrogens with one attached hydrogen (secondary N) is 1. The minimum atomic E-state index is -0.464. The Balaban J connectivity index is 1.65. The molecule has 0 bridgehead atoms. The molecule has 2 heterocycles. The summed E-state index contributed by atoms with van der Waals surface area (Å²) in [6.07, 6.45) is 4.29. The first-order valence-corrected chi connectivity index (χ1v) is 11.3. The highest BCUT2D eigenvalue weighted by atomic mass is 32.1. The maximum atomic E-state index is 12.8. The lowest BCUT2D eigenvalue weighted by Crippen LogP contribution is -2.35. The molecule has 1 aromatic heterocycles. The lowest BCUT2D eigenvalue weighted by molar-refractivity contribution is -0.133. The summed E-state index contributed by atoms with van der Waals surface area (Å²) < 4.78 is 10.7. The van der Waals surface area contributed by atoms with Crippen LogP contribution in [-0.2, 0) is 9.53 Å². The molecule has 2 amide bonds. The molecule has 2 aromatic rings. The fourth-order valence-electron chi connectivity index (χ4n) is 3.33. The van der Waals surface area contributed by atoms with Crippen LogP contribution in [0.4, 0.5) is 5.13 Å². The van der Waals surface area contributed by atoms with Gasteiger partial charge in [-0.15, -0.1) is 0 Å². The number of hydrogen-bond acceptors (Lipinski definition) is 7. The summed E-state index contributed by atoms with van der Waals surface area (Å²) in [4.78, 5) is 43.7. The van der Waals surface area contributed by atoms with Gasteiger partial charge in [0.25, 0.3) is 11.8 Å². The molecule has 1 saturated heterocycles. The summed E-state index contributed by atoms with van der Waals surface area (Å²) in [5.74, 6) is -0.649. The predicted molar refractivity (Wildman–Crippen MR) is 118 cm³/mol. The van der Waals surface area contributed by atoms with Crippen LogP contribution in [0, 0.1) is 6.92 Å². The quantitative estimate of drug-likeness (QED) is 0.653. The Bertz CT molecular complexity index is 935. The maximum absolute atomic E-state index is 12.8. The molecular weight excluding hydrogens is 418 g/mol. The fraction of sp³-hybridized carbons (Fsp3) is 0.455. The second kappa shape index (κ2) is 10.9.